The van der Waals surface area contributed by atoms with Crippen molar-refractivity contribution in [1.29, 1.82) is 0 Å². The molecule has 16 nitrogen and oxygen atoms in total. The smallest absolute Gasteiger partial charge is 0.246 e. The Hall–Kier alpha value is -6.49. The molecule has 3 atom stereocenters. The third kappa shape index (κ3) is 15.6. The number of thiazole rings is 1. The lowest BCUT2D eigenvalue weighted by Crippen LogP contribution is -2.57. The molecule has 0 radical (unpaired) electrons. The van der Waals surface area contributed by atoms with Crippen molar-refractivity contribution in [3.63, 3.8) is 0 Å². The number of aromatic nitrogens is 3. The van der Waals surface area contributed by atoms with Crippen molar-refractivity contribution in [2.24, 2.45) is 5.41 Å². The van der Waals surface area contributed by atoms with E-state index in [1.54, 1.807) is 38.0 Å². The van der Waals surface area contributed by atoms with Gasteiger partial charge in [-0.25, -0.2) is 15.0 Å². The van der Waals surface area contributed by atoms with Gasteiger partial charge in [0.15, 0.2) is 0 Å². The molecule has 3 fully saturated rings. The monoisotopic (exact) mass is 1180 g/mol. The highest BCUT2D eigenvalue weighted by molar-refractivity contribution is 7.70. The summed E-state index contributed by atoms with van der Waals surface area (Å²) in [6.07, 6.45) is 5.58. The Bertz CT molecular complexity index is 3300. The summed E-state index contributed by atoms with van der Waals surface area (Å²) < 4.78 is 18.9. The topological polar surface area (TPSA) is 190 Å². The lowest BCUT2D eigenvalue weighted by molar-refractivity contribution is -0.144. The Morgan fingerprint density at radius 3 is 2.17 bits per heavy atom. The average molecular weight is 1180 g/mol. The van der Waals surface area contributed by atoms with Gasteiger partial charge < -0.3 is 39.7 Å². The van der Waals surface area contributed by atoms with Crippen molar-refractivity contribution in [3.8, 4) is 16.2 Å². The molecule has 6 aromatic rings. The summed E-state index contributed by atoms with van der Waals surface area (Å²) in [6, 6.07) is 28.8. The number of carbonyl (C=O) groups excluding carboxylic acids is 4. The zero-order valence-corrected chi connectivity index (χ0v) is 51.4. The fourth-order valence-electron chi connectivity index (χ4n) is 11.6. The first kappa shape index (κ1) is 61.1. The molecule has 4 amide bonds. The van der Waals surface area contributed by atoms with Crippen molar-refractivity contribution in [1.82, 2.24) is 40.3 Å². The Morgan fingerprint density at radius 1 is 0.843 bits per heavy atom. The normalized spacial score (nSPS) is 17.6. The predicted molar refractivity (Wildman–Crippen MR) is 329 cm³/mol. The molecular weight excluding hydrogens is 1110 g/mol. The van der Waals surface area contributed by atoms with Gasteiger partial charge in [-0.2, -0.15) is 0 Å². The quantitative estimate of drug-likeness (QED) is 0.0619. The molecule has 4 aromatic carbocycles. The molecule has 0 spiro atoms. The number of aryl methyl sites for hydroxylation is 3. The maximum absolute atomic E-state index is 14.2. The summed E-state index contributed by atoms with van der Waals surface area (Å²) in [5.74, 6) is 0.555. The van der Waals surface area contributed by atoms with Crippen LogP contribution >= 0.6 is 30.1 Å². The number of benzene rings is 4. The van der Waals surface area contributed by atoms with E-state index in [0.717, 1.165) is 99.7 Å². The minimum Gasteiger partial charge on any atom is -0.496 e. The molecule has 19 heteroatoms. The second-order valence-corrected chi connectivity index (χ2v) is 28.3. The number of aliphatic hydroxyl groups is 1. The van der Waals surface area contributed by atoms with Crippen LogP contribution in [0.1, 0.15) is 97.9 Å². The highest BCUT2D eigenvalue weighted by atomic mass is 35.5. The number of rotatable bonds is 20. The minimum atomic E-state index is -2.49. The molecule has 83 heavy (non-hydrogen) atoms. The molecule has 5 heterocycles. The van der Waals surface area contributed by atoms with Crippen LogP contribution in [0.4, 0.5) is 5.69 Å². The number of amides is 4. The molecule has 0 aliphatic carbocycles. The third-order valence-electron chi connectivity index (χ3n) is 16.4. The molecule has 3 aliphatic heterocycles. The van der Waals surface area contributed by atoms with E-state index >= 15 is 0 Å². The average Bonchev–Trinajstić information content (AvgIpc) is 4.36. The van der Waals surface area contributed by atoms with Gasteiger partial charge in [-0.3, -0.25) is 24.1 Å². The number of aliphatic hydroxyl groups excluding tert-OH is 1. The first-order chi connectivity index (χ1) is 39.7. The van der Waals surface area contributed by atoms with Gasteiger partial charge in [0.25, 0.3) is 0 Å². The van der Waals surface area contributed by atoms with E-state index in [1.165, 1.54) is 4.90 Å². The molecule has 3 N–H and O–H groups in total. The number of hydrogen-bond acceptors (Lipinski definition) is 13. The number of methoxy groups -OCH3 is 1. The Balaban J connectivity index is 0.684. The van der Waals surface area contributed by atoms with E-state index in [0.29, 0.717) is 67.8 Å². The molecule has 0 bridgehead atoms. The van der Waals surface area contributed by atoms with Gasteiger partial charge in [0.1, 0.15) is 30.8 Å². The molecule has 440 valence electrons. The van der Waals surface area contributed by atoms with Crippen LogP contribution in [0.3, 0.4) is 0 Å². The van der Waals surface area contributed by atoms with Crippen molar-refractivity contribution >= 4 is 64.7 Å². The van der Waals surface area contributed by atoms with E-state index in [-0.39, 0.29) is 43.7 Å². The largest absolute Gasteiger partial charge is 0.496 e. The van der Waals surface area contributed by atoms with Gasteiger partial charge in [-0.15, -0.1) is 11.3 Å². The number of ether oxygens (including phenoxy) is 1. The maximum atomic E-state index is 14.2. The lowest BCUT2D eigenvalue weighted by Gasteiger charge is -2.43. The van der Waals surface area contributed by atoms with E-state index in [4.69, 9.17) is 21.3 Å². The van der Waals surface area contributed by atoms with E-state index < -0.39 is 36.7 Å². The number of piperazine rings is 1. The first-order valence-electron chi connectivity index (χ1n) is 28.9. The van der Waals surface area contributed by atoms with Crippen molar-refractivity contribution in [2.45, 2.75) is 116 Å². The van der Waals surface area contributed by atoms with Crippen LogP contribution < -0.4 is 25.6 Å². The number of anilines is 1. The number of likely N-dealkylation sites (tertiary alicyclic amines) is 1. The highest BCUT2D eigenvalue weighted by Crippen LogP contribution is 2.37. The van der Waals surface area contributed by atoms with Crippen LogP contribution in [0.15, 0.2) is 103 Å². The highest BCUT2D eigenvalue weighted by Gasteiger charge is 2.44. The summed E-state index contributed by atoms with van der Waals surface area (Å²) in [5.41, 5.74) is 9.85. The van der Waals surface area contributed by atoms with Gasteiger partial charge in [-0.05, 0) is 85.2 Å². The van der Waals surface area contributed by atoms with E-state index in [9.17, 15) is 28.8 Å². The van der Waals surface area contributed by atoms with Crippen LogP contribution in [-0.4, -0.2) is 149 Å². The van der Waals surface area contributed by atoms with E-state index in [2.05, 4.69) is 48.6 Å². The van der Waals surface area contributed by atoms with Gasteiger partial charge in [0.2, 0.25) is 23.6 Å². The molecular formula is C64H79ClN9O7PS. The fraction of sp³-hybridized carbons (Fsp3) is 0.453. The maximum Gasteiger partial charge on any atom is 0.246 e. The van der Waals surface area contributed by atoms with Gasteiger partial charge in [0.05, 0.1) is 40.0 Å². The van der Waals surface area contributed by atoms with Gasteiger partial charge >= 0.3 is 0 Å². The molecule has 3 aliphatic rings. The second-order valence-electron chi connectivity index (χ2n) is 23.8. The number of nitrogens with one attached hydrogen (secondary N) is 2. The zero-order valence-electron chi connectivity index (χ0n) is 48.9. The number of nitrogens with zero attached hydrogens (tertiary/aromatic N) is 7. The Kier molecular flexibility index (Phi) is 19.9. The third-order valence-corrected chi connectivity index (χ3v) is 19.3. The molecule has 0 saturated carbocycles. The minimum absolute atomic E-state index is 0.00447. The van der Waals surface area contributed by atoms with Crippen molar-refractivity contribution in [2.75, 3.05) is 71.2 Å². The van der Waals surface area contributed by atoms with Gasteiger partial charge in [0, 0.05) is 119 Å². The van der Waals surface area contributed by atoms with Crippen molar-refractivity contribution in [3.05, 3.63) is 153 Å². The predicted octanol–water partition coefficient (Wildman–Crippen LogP) is 8.49. The number of β-amino-alcohol motifs (C(OH)–C–C–N with tert-alkyl or cyclic N) is 1. The fourth-order valence-corrected chi connectivity index (χ4v) is 13.9. The van der Waals surface area contributed by atoms with E-state index in [1.807, 2.05) is 111 Å². The van der Waals surface area contributed by atoms with Crippen LogP contribution in [0.5, 0.6) is 5.75 Å². The second kappa shape index (κ2) is 27.0. The lowest BCUT2D eigenvalue weighted by atomic mass is 9.85. The van der Waals surface area contributed by atoms with Crippen molar-refractivity contribution < 1.29 is 33.6 Å². The summed E-state index contributed by atoms with van der Waals surface area (Å²) in [4.78, 5) is 77.9. The molecule has 0 unspecified atom stereocenters. The zero-order chi connectivity index (χ0) is 59.0. The Labute approximate surface area is 497 Å². The first-order valence-corrected chi connectivity index (χ1v) is 32.8. The summed E-state index contributed by atoms with van der Waals surface area (Å²) >= 11 is 8.18. The molecule has 3 saturated heterocycles. The van der Waals surface area contributed by atoms with Crippen LogP contribution in [-0.2, 0) is 56.0 Å². The number of halogens is 1. The van der Waals surface area contributed by atoms with Crippen LogP contribution in [0.2, 0.25) is 5.02 Å². The summed E-state index contributed by atoms with van der Waals surface area (Å²) in [7, 11) is -0.802. The van der Waals surface area contributed by atoms with Crippen LogP contribution in [0.25, 0.3) is 10.4 Å². The molecule has 2 aromatic heterocycles. The molecule has 9 rings (SSSR count). The van der Waals surface area contributed by atoms with Crippen LogP contribution in [0, 0.1) is 12.3 Å². The van der Waals surface area contributed by atoms with Gasteiger partial charge in [-0.1, -0.05) is 111 Å². The number of piperidine rings is 1. The summed E-state index contributed by atoms with van der Waals surface area (Å²) in [6.45, 7) is 16.4. The number of hydrogen-bond donors (Lipinski definition) is 3. The standard InChI is InChI=1S/C64H79ClN9O7PS/c1-42-60(83-41-68-42)46-20-16-45(17-21-46)38-67-62(78)54-37-51(75)40-74(54)63(79)61(64(2,3)4)70-58(76)24-18-43-12-14-44(15-13-43)19-25-59(77)73-32-30-72(31-33-73)49-26-28-71(29-27-49)50-23-22-47(55(36-50)81-5)35-57-66-39-52(65)53(69-57)34-48-10-8-9-11-56(48)82(6,7)80/h8-17,20-23,36,39,41,49,51,54,61,75H,18-19,24-35,37-38,40H2,1-7H3,(H,67,78)(H,70,76)/t51-,54+,61-/m1/s1. The SMILES string of the molecule is COc1cc(N2CCC(N3CCN(C(=O)CCc4ccc(CCC(=O)N[C@H](C(=O)N5C[C@H](O)C[C@H]5C(=O)NCc5ccc(-c6scnc6C)cc5)C(C)(C)C)cc4)CC3)CC2)ccc1Cc1ncc(Cl)c(Cc2ccccc2P(C)(C)=O)n1. The summed E-state index contributed by atoms with van der Waals surface area (Å²) in [5, 5.41) is 17.9. The Morgan fingerprint density at radius 2 is 1.52 bits per heavy atom. The number of carbonyl (C=O) groups is 4.